The maximum atomic E-state index is 10.2. The molecule has 0 bridgehead atoms. The second-order valence-corrected chi connectivity index (χ2v) is 10.4. The van der Waals surface area contributed by atoms with Gasteiger partial charge in [0.25, 0.3) is 0 Å². The Bertz CT molecular complexity index is 797. The molecule has 0 radical (unpaired) electrons. The van der Waals surface area contributed by atoms with Crippen LogP contribution in [-0.4, -0.2) is 33.1 Å². The molecule has 3 heteroatoms. The Morgan fingerprint density at radius 3 is 2.58 bits per heavy atom. The second-order valence-electron chi connectivity index (χ2n) is 10.4. The summed E-state index contributed by atoms with van der Waals surface area (Å²) in [7, 11) is 0. The van der Waals surface area contributed by atoms with E-state index >= 15 is 0 Å². The molecule has 1 aliphatic rings. The summed E-state index contributed by atoms with van der Waals surface area (Å²) in [5, 5.41) is 30.1. The largest absolute Gasteiger partial charge is 0.393 e. The zero-order valence-electron chi connectivity index (χ0n) is 21.2. The van der Waals surface area contributed by atoms with E-state index in [1.807, 2.05) is 13.8 Å². The summed E-state index contributed by atoms with van der Waals surface area (Å²) in [6.07, 6.45) is 15.1. The summed E-state index contributed by atoms with van der Waals surface area (Å²) in [6.45, 7) is 10.0. The lowest BCUT2D eigenvalue weighted by Gasteiger charge is -2.26. The average Bonchev–Trinajstić information content (AvgIpc) is 2.75. The molecule has 33 heavy (non-hydrogen) atoms. The minimum absolute atomic E-state index is 0.377. The van der Waals surface area contributed by atoms with Crippen molar-refractivity contribution >= 4 is 5.57 Å². The van der Waals surface area contributed by atoms with Crippen LogP contribution < -0.4 is 0 Å². The molecule has 1 aromatic carbocycles. The summed E-state index contributed by atoms with van der Waals surface area (Å²) in [4.78, 5) is 0. The molecule has 0 unspecified atom stereocenters. The smallest absolute Gasteiger partial charge is 0.0811 e. The molecule has 0 amide bonds. The van der Waals surface area contributed by atoms with Crippen LogP contribution in [0.2, 0.25) is 0 Å². The van der Waals surface area contributed by atoms with Gasteiger partial charge in [0.2, 0.25) is 0 Å². The molecule has 0 heterocycles. The number of benzene rings is 1. The lowest BCUT2D eigenvalue weighted by atomic mass is 9.85. The predicted octanol–water partition coefficient (Wildman–Crippen LogP) is 6.91. The van der Waals surface area contributed by atoms with E-state index in [4.69, 9.17) is 0 Å². The van der Waals surface area contributed by atoms with Crippen LogP contribution >= 0.6 is 0 Å². The first kappa shape index (κ1) is 27.6. The highest BCUT2D eigenvalue weighted by Gasteiger charge is 2.24. The van der Waals surface area contributed by atoms with Crippen molar-refractivity contribution in [2.24, 2.45) is 0 Å². The van der Waals surface area contributed by atoms with Gasteiger partial charge < -0.3 is 15.3 Å². The van der Waals surface area contributed by atoms with E-state index < -0.39 is 17.8 Å². The number of hydrogen-bond acceptors (Lipinski definition) is 3. The van der Waals surface area contributed by atoms with Gasteiger partial charge in [0.15, 0.2) is 0 Å². The van der Waals surface area contributed by atoms with Gasteiger partial charge in [-0.05, 0) is 80.2 Å². The van der Waals surface area contributed by atoms with Crippen LogP contribution in [0.15, 0.2) is 54.1 Å². The van der Waals surface area contributed by atoms with Crippen molar-refractivity contribution in [2.75, 3.05) is 0 Å². The van der Waals surface area contributed by atoms with Crippen LogP contribution in [0, 0.1) is 0 Å². The maximum absolute atomic E-state index is 10.2. The van der Waals surface area contributed by atoms with Crippen LogP contribution in [0.4, 0.5) is 0 Å². The SMILES string of the molecule is C=C1C(=C/C=C(\CCCCCC)c2cccc(CCCCCC(C)(C)O)c2)C[C@@H](O)C[C@@H]1O. The van der Waals surface area contributed by atoms with Gasteiger partial charge in [-0.15, -0.1) is 0 Å². The molecule has 0 saturated heterocycles. The summed E-state index contributed by atoms with van der Waals surface area (Å²) in [5.74, 6) is 0. The minimum Gasteiger partial charge on any atom is -0.393 e. The normalized spacial score (nSPS) is 21.1. The first-order valence-corrected chi connectivity index (χ1v) is 13.0. The Morgan fingerprint density at radius 1 is 1.09 bits per heavy atom. The van der Waals surface area contributed by atoms with E-state index in [1.165, 1.54) is 36.0 Å². The maximum Gasteiger partial charge on any atom is 0.0811 e. The molecule has 1 aromatic rings. The van der Waals surface area contributed by atoms with Gasteiger partial charge in [0, 0.05) is 6.42 Å². The highest BCUT2D eigenvalue weighted by atomic mass is 16.3. The first-order chi connectivity index (χ1) is 15.7. The number of aliphatic hydroxyl groups excluding tert-OH is 2. The molecular formula is C30H46O3. The van der Waals surface area contributed by atoms with Gasteiger partial charge >= 0.3 is 0 Å². The van der Waals surface area contributed by atoms with E-state index in [-0.39, 0.29) is 0 Å². The fraction of sp³-hybridized carbons (Fsp3) is 0.600. The standard InChI is InChI=1S/C30H46O3/c1-5-6-7-10-15-25(17-18-26-21-28(31)22-29(32)23(26)2)27-16-12-14-24(20-27)13-9-8-11-19-30(3,4)33/h12,14,16-18,20,28-29,31-33H,2,5-11,13,15,19,21-22H2,1,3-4H3/b25-17+,26-18?/t28-,29+/m1/s1. The van der Waals surface area contributed by atoms with E-state index in [2.05, 4.69) is 49.9 Å². The monoisotopic (exact) mass is 454 g/mol. The average molecular weight is 455 g/mol. The third kappa shape index (κ3) is 10.4. The predicted molar refractivity (Wildman–Crippen MR) is 140 cm³/mol. The van der Waals surface area contributed by atoms with Crippen molar-refractivity contribution in [2.45, 2.75) is 116 Å². The third-order valence-electron chi connectivity index (χ3n) is 6.60. The van der Waals surface area contributed by atoms with Crippen LogP contribution in [0.5, 0.6) is 0 Å². The summed E-state index contributed by atoms with van der Waals surface area (Å²) >= 11 is 0. The highest BCUT2D eigenvalue weighted by Crippen LogP contribution is 2.30. The van der Waals surface area contributed by atoms with Crippen molar-refractivity contribution in [1.29, 1.82) is 0 Å². The number of rotatable bonds is 13. The van der Waals surface area contributed by atoms with Crippen LogP contribution in [0.3, 0.4) is 0 Å². The van der Waals surface area contributed by atoms with Crippen molar-refractivity contribution in [3.8, 4) is 0 Å². The van der Waals surface area contributed by atoms with Crippen molar-refractivity contribution in [3.05, 3.63) is 65.3 Å². The molecule has 3 N–H and O–H groups in total. The molecule has 1 saturated carbocycles. The number of aryl methyl sites for hydroxylation is 1. The molecular weight excluding hydrogens is 408 g/mol. The molecule has 184 valence electrons. The van der Waals surface area contributed by atoms with E-state index in [0.717, 1.165) is 56.1 Å². The zero-order valence-corrected chi connectivity index (χ0v) is 21.2. The molecule has 0 aromatic heterocycles. The molecule has 3 nitrogen and oxygen atoms in total. The quantitative estimate of drug-likeness (QED) is 0.284. The molecule has 1 fully saturated rings. The highest BCUT2D eigenvalue weighted by molar-refractivity contribution is 5.68. The lowest BCUT2D eigenvalue weighted by molar-refractivity contribution is 0.0680. The van der Waals surface area contributed by atoms with Crippen LogP contribution in [0.25, 0.3) is 5.57 Å². The van der Waals surface area contributed by atoms with E-state index in [9.17, 15) is 15.3 Å². The fourth-order valence-corrected chi connectivity index (χ4v) is 4.51. The second kappa shape index (κ2) is 13.9. The Kier molecular flexibility index (Phi) is 11.6. The lowest BCUT2D eigenvalue weighted by Crippen LogP contribution is -2.26. The first-order valence-electron chi connectivity index (χ1n) is 13.0. The molecule has 0 aliphatic heterocycles. The van der Waals surface area contributed by atoms with Gasteiger partial charge in [-0.1, -0.05) is 82.0 Å². The Balaban J connectivity index is 2.11. The van der Waals surface area contributed by atoms with Crippen LogP contribution in [-0.2, 0) is 6.42 Å². The molecule has 2 rings (SSSR count). The number of aliphatic hydroxyl groups is 3. The van der Waals surface area contributed by atoms with Crippen molar-refractivity contribution < 1.29 is 15.3 Å². The number of unbranched alkanes of at least 4 members (excludes halogenated alkanes) is 5. The third-order valence-corrected chi connectivity index (χ3v) is 6.60. The van der Waals surface area contributed by atoms with Gasteiger partial charge in [-0.2, -0.15) is 0 Å². The minimum atomic E-state index is -0.652. The topological polar surface area (TPSA) is 60.7 Å². The van der Waals surface area contributed by atoms with Crippen molar-refractivity contribution in [3.63, 3.8) is 0 Å². The van der Waals surface area contributed by atoms with Gasteiger partial charge in [-0.3, -0.25) is 0 Å². The Morgan fingerprint density at radius 2 is 1.85 bits per heavy atom. The molecule has 2 atom stereocenters. The fourth-order valence-electron chi connectivity index (χ4n) is 4.51. The summed E-state index contributed by atoms with van der Waals surface area (Å²) in [6, 6.07) is 8.88. The van der Waals surface area contributed by atoms with Crippen LogP contribution in [0.1, 0.15) is 103 Å². The summed E-state index contributed by atoms with van der Waals surface area (Å²) in [5.41, 5.74) is 5.05. The summed E-state index contributed by atoms with van der Waals surface area (Å²) < 4.78 is 0. The van der Waals surface area contributed by atoms with Gasteiger partial charge in [0.1, 0.15) is 0 Å². The number of allylic oxidation sites excluding steroid dienone is 3. The van der Waals surface area contributed by atoms with E-state index in [0.29, 0.717) is 12.8 Å². The van der Waals surface area contributed by atoms with Gasteiger partial charge in [-0.25, -0.2) is 0 Å². The van der Waals surface area contributed by atoms with Crippen molar-refractivity contribution in [1.82, 2.24) is 0 Å². The van der Waals surface area contributed by atoms with E-state index in [1.54, 1.807) is 0 Å². The number of hydrogen-bond donors (Lipinski definition) is 3. The Hall–Kier alpha value is -1.68. The Labute approximate surface area is 201 Å². The molecule has 1 aliphatic carbocycles. The molecule has 0 spiro atoms. The zero-order chi connectivity index (χ0) is 24.3. The van der Waals surface area contributed by atoms with Gasteiger partial charge in [0.05, 0.1) is 17.8 Å².